The number of esters is 1. The fourth-order valence-corrected chi connectivity index (χ4v) is 1.79. The number of amides is 1. The zero-order chi connectivity index (χ0) is 11.8. The van der Waals surface area contributed by atoms with Crippen LogP contribution in [0.3, 0.4) is 0 Å². The molecule has 1 aliphatic carbocycles. The maximum Gasteiger partial charge on any atom is 0.321 e. The van der Waals surface area contributed by atoms with Crippen molar-refractivity contribution in [1.82, 2.24) is 4.98 Å². The first kappa shape index (κ1) is 10.7. The number of hydrogen-bond acceptors (Lipinski definition) is 3. The molecule has 0 atom stereocenters. The molecule has 16 heavy (non-hydrogen) atoms. The highest BCUT2D eigenvalue weighted by Crippen LogP contribution is 2.48. The van der Waals surface area contributed by atoms with Crippen LogP contribution in [-0.2, 0) is 14.3 Å². The van der Waals surface area contributed by atoms with Gasteiger partial charge in [-0.25, -0.2) is 0 Å². The van der Waals surface area contributed by atoms with Crippen molar-refractivity contribution in [3.05, 3.63) is 18.5 Å². The Hall–Kier alpha value is -1.78. The molecule has 1 aliphatic rings. The molecule has 2 rings (SSSR count). The van der Waals surface area contributed by atoms with E-state index in [1.54, 1.807) is 25.5 Å². The molecule has 1 N–H and O–H groups in total. The van der Waals surface area contributed by atoms with E-state index in [2.05, 4.69) is 9.72 Å². The summed E-state index contributed by atoms with van der Waals surface area (Å²) in [5, 5.41) is 0. The highest BCUT2D eigenvalue weighted by Gasteiger charge is 2.59. The fourth-order valence-electron chi connectivity index (χ4n) is 1.79. The average molecular weight is 222 g/mol. The topological polar surface area (TPSA) is 62.4 Å². The van der Waals surface area contributed by atoms with Gasteiger partial charge >= 0.3 is 5.97 Å². The van der Waals surface area contributed by atoms with Crippen LogP contribution in [0.5, 0.6) is 0 Å². The molecule has 0 spiro atoms. The Balaban J connectivity index is 2.17. The Morgan fingerprint density at radius 1 is 1.50 bits per heavy atom. The summed E-state index contributed by atoms with van der Waals surface area (Å²) in [5.74, 6) is -0.626. The quantitative estimate of drug-likeness (QED) is 0.611. The zero-order valence-electron chi connectivity index (χ0n) is 9.32. The van der Waals surface area contributed by atoms with Gasteiger partial charge in [-0.05, 0) is 18.9 Å². The van der Waals surface area contributed by atoms with Crippen LogP contribution in [0.15, 0.2) is 18.5 Å². The SMILES string of the molecule is COC(=O)C1(C(=O)N(C)c2cc[nH]c2)CC1. The number of carbonyl (C=O) groups excluding carboxylic acids is 2. The third-order valence-electron chi connectivity index (χ3n) is 3.01. The Morgan fingerprint density at radius 3 is 2.62 bits per heavy atom. The molecule has 1 aromatic rings. The number of nitrogens with one attached hydrogen (secondary N) is 1. The molecule has 0 aliphatic heterocycles. The molecule has 1 saturated carbocycles. The van der Waals surface area contributed by atoms with Gasteiger partial charge in [0.2, 0.25) is 5.91 Å². The Kier molecular flexibility index (Phi) is 2.46. The predicted molar refractivity (Wildman–Crippen MR) is 57.9 cm³/mol. The van der Waals surface area contributed by atoms with Gasteiger partial charge in [0.15, 0.2) is 0 Å². The molecule has 0 unspecified atom stereocenters. The van der Waals surface area contributed by atoms with Crippen molar-refractivity contribution in [3.8, 4) is 0 Å². The summed E-state index contributed by atoms with van der Waals surface area (Å²) in [4.78, 5) is 28.0. The highest BCUT2D eigenvalue weighted by molar-refractivity contribution is 6.12. The van der Waals surface area contributed by atoms with Crippen LogP contribution in [0.4, 0.5) is 5.69 Å². The van der Waals surface area contributed by atoms with Gasteiger partial charge in [-0.2, -0.15) is 0 Å². The van der Waals surface area contributed by atoms with E-state index >= 15 is 0 Å². The molecule has 0 radical (unpaired) electrons. The summed E-state index contributed by atoms with van der Waals surface area (Å²) < 4.78 is 4.67. The largest absolute Gasteiger partial charge is 0.468 e. The number of methoxy groups -OCH3 is 1. The second kappa shape index (κ2) is 3.66. The second-order valence-electron chi connectivity index (χ2n) is 4.01. The molecule has 0 aromatic carbocycles. The average Bonchev–Trinajstić information content (AvgIpc) is 2.94. The van der Waals surface area contributed by atoms with Crippen molar-refractivity contribution in [2.45, 2.75) is 12.8 Å². The number of aromatic amines is 1. The van der Waals surface area contributed by atoms with Crippen molar-refractivity contribution >= 4 is 17.6 Å². The van der Waals surface area contributed by atoms with Crippen LogP contribution >= 0.6 is 0 Å². The van der Waals surface area contributed by atoms with Crippen LogP contribution in [0.25, 0.3) is 0 Å². The third-order valence-corrected chi connectivity index (χ3v) is 3.01. The lowest BCUT2D eigenvalue weighted by Gasteiger charge is -2.20. The van der Waals surface area contributed by atoms with Crippen LogP contribution in [0.2, 0.25) is 0 Å². The van der Waals surface area contributed by atoms with E-state index in [9.17, 15) is 9.59 Å². The summed E-state index contributed by atoms with van der Waals surface area (Å²) >= 11 is 0. The predicted octanol–water partition coefficient (Wildman–Crippen LogP) is 0.931. The standard InChI is InChI=1S/C11H14N2O3/c1-13(8-3-6-12-7-8)9(14)11(4-5-11)10(15)16-2/h3,6-7,12H,4-5H2,1-2H3. The Bertz CT molecular complexity index is 407. The van der Waals surface area contributed by atoms with E-state index in [1.807, 2.05) is 0 Å². The molecule has 86 valence electrons. The minimum Gasteiger partial charge on any atom is -0.468 e. The van der Waals surface area contributed by atoms with Gasteiger partial charge in [-0.3, -0.25) is 9.59 Å². The Labute approximate surface area is 93.4 Å². The van der Waals surface area contributed by atoms with E-state index in [1.165, 1.54) is 12.0 Å². The van der Waals surface area contributed by atoms with E-state index in [0.29, 0.717) is 12.8 Å². The van der Waals surface area contributed by atoms with Crippen molar-refractivity contribution in [1.29, 1.82) is 0 Å². The van der Waals surface area contributed by atoms with E-state index in [-0.39, 0.29) is 5.91 Å². The van der Waals surface area contributed by atoms with Gasteiger partial charge in [-0.15, -0.1) is 0 Å². The maximum absolute atomic E-state index is 12.1. The number of nitrogens with zero attached hydrogens (tertiary/aromatic N) is 1. The Morgan fingerprint density at radius 2 is 2.19 bits per heavy atom. The fraction of sp³-hybridized carbons (Fsp3) is 0.455. The molecule has 1 amide bonds. The van der Waals surface area contributed by atoms with Gasteiger partial charge in [0.05, 0.1) is 12.8 Å². The first-order valence-corrected chi connectivity index (χ1v) is 5.11. The maximum atomic E-state index is 12.1. The lowest BCUT2D eigenvalue weighted by atomic mass is 10.1. The normalized spacial score (nSPS) is 16.6. The molecular formula is C11H14N2O3. The zero-order valence-corrected chi connectivity index (χ0v) is 9.32. The van der Waals surface area contributed by atoms with Gasteiger partial charge in [0.25, 0.3) is 0 Å². The second-order valence-corrected chi connectivity index (χ2v) is 4.01. The summed E-state index contributed by atoms with van der Waals surface area (Å²) in [6, 6.07) is 1.78. The van der Waals surface area contributed by atoms with Crippen molar-refractivity contribution < 1.29 is 14.3 Å². The molecule has 0 bridgehead atoms. The lowest BCUT2D eigenvalue weighted by molar-refractivity contribution is -0.151. The van der Waals surface area contributed by atoms with Crippen LogP contribution in [-0.4, -0.2) is 31.0 Å². The number of hydrogen-bond donors (Lipinski definition) is 1. The van der Waals surface area contributed by atoms with Crippen molar-refractivity contribution in [3.63, 3.8) is 0 Å². The minimum atomic E-state index is -0.930. The number of H-pyrrole nitrogens is 1. The summed E-state index contributed by atoms with van der Waals surface area (Å²) in [6.45, 7) is 0. The number of ether oxygens (including phenoxy) is 1. The van der Waals surface area contributed by atoms with Gasteiger partial charge < -0.3 is 14.6 Å². The molecular weight excluding hydrogens is 208 g/mol. The summed E-state index contributed by atoms with van der Waals surface area (Å²) in [7, 11) is 2.97. The number of rotatable bonds is 3. The van der Waals surface area contributed by atoms with Crippen LogP contribution in [0.1, 0.15) is 12.8 Å². The smallest absolute Gasteiger partial charge is 0.321 e. The highest BCUT2D eigenvalue weighted by atomic mass is 16.5. The first-order valence-electron chi connectivity index (χ1n) is 5.11. The molecule has 0 saturated heterocycles. The summed E-state index contributed by atoms with van der Waals surface area (Å²) in [6.07, 6.45) is 4.60. The molecule has 1 aromatic heterocycles. The number of aromatic nitrogens is 1. The third kappa shape index (κ3) is 1.48. The van der Waals surface area contributed by atoms with E-state index in [0.717, 1.165) is 5.69 Å². The number of carbonyl (C=O) groups is 2. The first-order chi connectivity index (χ1) is 7.62. The monoisotopic (exact) mass is 222 g/mol. The number of anilines is 1. The molecule has 5 nitrogen and oxygen atoms in total. The summed E-state index contributed by atoms with van der Waals surface area (Å²) in [5.41, 5.74) is -0.180. The van der Waals surface area contributed by atoms with Crippen molar-refractivity contribution in [2.24, 2.45) is 5.41 Å². The molecule has 1 fully saturated rings. The van der Waals surface area contributed by atoms with E-state index < -0.39 is 11.4 Å². The lowest BCUT2D eigenvalue weighted by Crippen LogP contribution is -2.39. The van der Waals surface area contributed by atoms with E-state index in [4.69, 9.17) is 0 Å². The van der Waals surface area contributed by atoms with Gasteiger partial charge in [0.1, 0.15) is 5.41 Å². The molecule has 1 heterocycles. The minimum absolute atomic E-state index is 0.195. The van der Waals surface area contributed by atoms with Crippen LogP contribution in [0, 0.1) is 5.41 Å². The van der Waals surface area contributed by atoms with Crippen molar-refractivity contribution in [2.75, 3.05) is 19.1 Å². The van der Waals surface area contributed by atoms with Gasteiger partial charge in [0, 0.05) is 19.4 Å². The van der Waals surface area contributed by atoms with Crippen LogP contribution < -0.4 is 4.90 Å². The molecule has 5 heteroatoms. The van der Waals surface area contributed by atoms with Gasteiger partial charge in [-0.1, -0.05) is 0 Å².